The van der Waals surface area contributed by atoms with Crippen LogP contribution in [0.3, 0.4) is 0 Å². The molecule has 0 heterocycles. The molecule has 2 amide bonds. The molecule has 0 bridgehead atoms. The van der Waals surface area contributed by atoms with Gasteiger partial charge < -0.3 is 10.6 Å². The lowest BCUT2D eigenvalue weighted by atomic mass is 10.0. The van der Waals surface area contributed by atoms with E-state index in [4.69, 9.17) is 0 Å². The fourth-order valence-corrected chi connectivity index (χ4v) is 2.95. The molecule has 0 aliphatic rings. The third kappa shape index (κ3) is 5.43. The van der Waals surface area contributed by atoms with Gasteiger partial charge in [-0.2, -0.15) is 0 Å². The fourth-order valence-electron chi connectivity index (χ4n) is 2.68. The smallest absolute Gasteiger partial charge is 0.251 e. The summed E-state index contributed by atoms with van der Waals surface area (Å²) >= 11 is 3.41. The second-order valence-corrected chi connectivity index (χ2v) is 7.76. The standard InChI is InChI=1S/C21H25BrN2O2/c1-13(2)19(24-20(25)17-7-5-6-14(3)12-17)21(26)23-15(4)16-8-10-18(22)11-9-16/h5-13,15,19H,1-4H3,(H,23,26)(H,24,25). The minimum atomic E-state index is -0.596. The number of aryl methyl sites for hydroxylation is 1. The van der Waals surface area contributed by atoms with Crippen LogP contribution in [-0.4, -0.2) is 17.9 Å². The first-order chi connectivity index (χ1) is 12.3. The summed E-state index contributed by atoms with van der Waals surface area (Å²) in [6, 6.07) is 14.4. The van der Waals surface area contributed by atoms with E-state index in [0.717, 1.165) is 15.6 Å². The van der Waals surface area contributed by atoms with Crippen LogP contribution in [0.25, 0.3) is 0 Å². The summed E-state index contributed by atoms with van der Waals surface area (Å²) < 4.78 is 0.991. The van der Waals surface area contributed by atoms with Gasteiger partial charge in [0.05, 0.1) is 6.04 Å². The van der Waals surface area contributed by atoms with E-state index in [0.29, 0.717) is 5.56 Å². The number of rotatable bonds is 6. The van der Waals surface area contributed by atoms with Crippen LogP contribution in [-0.2, 0) is 4.79 Å². The molecule has 0 spiro atoms. The second kappa shape index (κ2) is 8.99. The van der Waals surface area contributed by atoms with Crippen molar-refractivity contribution in [1.29, 1.82) is 0 Å². The summed E-state index contributed by atoms with van der Waals surface area (Å²) in [5.41, 5.74) is 2.57. The largest absolute Gasteiger partial charge is 0.348 e. The Labute approximate surface area is 163 Å². The van der Waals surface area contributed by atoms with Crippen LogP contribution in [0.4, 0.5) is 0 Å². The molecule has 5 heteroatoms. The van der Waals surface area contributed by atoms with Crippen molar-refractivity contribution >= 4 is 27.7 Å². The van der Waals surface area contributed by atoms with Crippen molar-refractivity contribution in [2.75, 3.05) is 0 Å². The molecule has 2 aromatic rings. The van der Waals surface area contributed by atoms with Gasteiger partial charge in [0.2, 0.25) is 5.91 Å². The highest BCUT2D eigenvalue weighted by atomic mass is 79.9. The van der Waals surface area contributed by atoms with E-state index >= 15 is 0 Å². The predicted octanol–water partition coefficient (Wildman–Crippen LogP) is 4.39. The zero-order chi connectivity index (χ0) is 19.3. The van der Waals surface area contributed by atoms with E-state index in [1.807, 2.05) is 70.2 Å². The molecule has 0 radical (unpaired) electrons. The van der Waals surface area contributed by atoms with Gasteiger partial charge in [0.15, 0.2) is 0 Å². The first-order valence-corrected chi connectivity index (χ1v) is 9.50. The van der Waals surface area contributed by atoms with Gasteiger partial charge in [0.25, 0.3) is 5.91 Å². The van der Waals surface area contributed by atoms with Crippen molar-refractivity contribution in [2.45, 2.75) is 39.8 Å². The molecule has 2 atom stereocenters. The van der Waals surface area contributed by atoms with Crippen molar-refractivity contribution in [3.05, 3.63) is 69.7 Å². The molecule has 0 saturated carbocycles. The highest BCUT2D eigenvalue weighted by molar-refractivity contribution is 9.10. The maximum atomic E-state index is 12.7. The second-order valence-electron chi connectivity index (χ2n) is 6.85. The van der Waals surface area contributed by atoms with Crippen molar-refractivity contribution in [3.63, 3.8) is 0 Å². The normalized spacial score (nSPS) is 13.2. The Hall–Kier alpha value is -2.14. The van der Waals surface area contributed by atoms with Gasteiger partial charge in [-0.25, -0.2) is 0 Å². The van der Waals surface area contributed by atoms with Crippen molar-refractivity contribution in [2.24, 2.45) is 5.92 Å². The average molecular weight is 417 g/mol. The lowest BCUT2D eigenvalue weighted by molar-refractivity contribution is -0.124. The number of nitrogens with one attached hydrogen (secondary N) is 2. The molecule has 138 valence electrons. The van der Waals surface area contributed by atoms with Gasteiger partial charge in [0.1, 0.15) is 6.04 Å². The Morgan fingerprint density at radius 2 is 1.62 bits per heavy atom. The number of benzene rings is 2. The number of halogens is 1. The minimum absolute atomic E-state index is 0.0270. The van der Waals surface area contributed by atoms with E-state index in [1.165, 1.54) is 0 Å². The van der Waals surface area contributed by atoms with Gasteiger partial charge >= 0.3 is 0 Å². The first kappa shape index (κ1) is 20.2. The Kier molecular flexibility index (Phi) is 6.98. The summed E-state index contributed by atoms with van der Waals surface area (Å²) in [6.07, 6.45) is 0. The highest BCUT2D eigenvalue weighted by Gasteiger charge is 2.26. The zero-order valence-corrected chi connectivity index (χ0v) is 17.1. The molecule has 0 fully saturated rings. The topological polar surface area (TPSA) is 58.2 Å². The number of amides is 2. The van der Waals surface area contributed by atoms with E-state index in [1.54, 1.807) is 6.07 Å². The van der Waals surface area contributed by atoms with Crippen LogP contribution in [0, 0.1) is 12.8 Å². The number of carbonyl (C=O) groups excluding carboxylic acids is 2. The monoisotopic (exact) mass is 416 g/mol. The van der Waals surface area contributed by atoms with Crippen LogP contribution in [0.2, 0.25) is 0 Å². The summed E-state index contributed by atoms with van der Waals surface area (Å²) in [7, 11) is 0. The van der Waals surface area contributed by atoms with Gasteiger partial charge in [-0.1, -0.05) is 59.6 Å². The van der Waals surface area contributed by atoms with Crippen molar-refractivity contribution in [3.8, 4) is 0 Å². The maximum absolute atomic E-state index is 12.7. The SMILES string of the molecule is Cc1cccc(C(=O)NC(C(=O)NC(C)c2ccc(Br)cc2)C(C)C)c1. The first-order valence-electron chi connectivity index (χ1n) is 8.71. The molecule has 0 aliphatic carbocycles. The highest BCUT2D eigenvalue weighted by Crippen LogP contribution is 2.17. The van der Waals surface area contributed by atoms with Crippen molar-refractivity contribution < 1.29 is 9.59 Å². The maximum Gasteiger partial charge on any atom is 0.251 e. The van der Waals surface area contributed by atoms with Crippen LogP contribution >= 0.6 is 15.9 Å². The van der Waals surface area contributed by atoms with Gasteiger partial charge in [-0.15, -0.1) is 0 Å². The lowest BCUT2D eigenvalue weighted by Crippen LogP contribution is -2.50. The molecule has 2 unspecified atom stereocenters. The molecule has 0 aliphatic heterocycles. The Bertz CT molecular complexity index is 772. The quantitative estimate of drug-likeness (QED) is 0.733. The molecule has 26 heavy (non-hydrogen) atoms. The molecular weight excluding hydrogens is 392 g/mol. The summed E-state index contributed by atoms with van der Waals surface area (Å²) in [4.78, 5) is 25.2. The van der Waals surface area contributed by atoms with Crippen LogP contribution in [0.1, 0.15) is 48.3 Å². The molecule has 4 nitrogen and oxygen atoms in total. The molecule has 2 aromatic carbocycles. The van der Waals surface area contributed by atoms with Crippen LogP contribution < -0.4 is 10.6 Å². The molecule has 2 rings (SSSR count). The Balaban J connectivity index is 2.07. The number of hydrogen-bond acceptors (Lipinski definition) is 2. The van der Waals surface area contributed by atoms with Gasteiger partial charge in [0, 0.05) is 10.0 Å². The fraction of sp³-hybridized carbons (Fsp3) is 0.333. The van der Waals surface area contributed by atoms with Crippen LogP contribution in [0.15, 0.2) is 53.0 Å². The lowest BCUT2D eigenvalue weighted by Gasteiger charge is -2.24. The van der Waals surface area contributed by atoms with E-state index in [9.17, 15) is 9.59 Å². The summed E-state index contributed by atoms with van der Waals surface area (Å²) in [5.74, 6) is -0.448. The number of hydrogen-bond donors (Lipinski definition) is 2. The Morgan fingerprint density at radius 1 is 0.962 bits per heavy atom. The Morgan fingerprint density at radius 3 is 2.19 bits per heavy atom. The number of carbonyl (C=O) groups is 2. The summed E-state index contributed by atoms with van der Waals surface area (Å²) in [6.45, 7) is 7.71. The van der Waals surface area contributed by atoms with Gasteiger partial charge in [-0.3, -0.25) is 9.59 Å². The van der Waals surface area contributed by atoms with Gasteiger partial charge in [-0.05, 0) is 49.6 Å². The zero-order valence-electron chi connectivity index (χ0n) is 15.5. The predicted molar refractivity (Wildman–Crippen MR) is 108 cm³/mol. The average Bonchev–Trinajstić information content (AvgIpc) is 2.59. The summed E-state index contributed by atoms with van der Waals surface area (Å²) in [5, 5.41) is 5.86. The third-order valence-electron chi connectivity index (χ3n) is 4.24. The molecule has 0 saturated heterocycles. The molecular formula is C21H25BrN2O2. The van der Waals surface area contributed by atoms with Crippen molar-refractivity contribution in [1.82, 2.24) is 10.6 Å². The van der Waals surface area contributed by atoms with E-state index in [2.05, 4.69) is 26.6 Å². The third-order valence-corrected chi connectivity index (χ3v) is 4.77. The molecule has 0 aromatic heterocycles. The molecule has 2 N–H and O–H groups in total. The van der Waals surface area contributed by atoms with E-state index < -0.39 is 6.04 Å². The van der Waals surface area contributed by atoms with Crippen LogP contribution in [0.5, 0.6) is 0 Å². The van der Waals surface area contributed by atoms with E-state index in [-0.39, 0.29) is 23.8 Å². The minimum Gasteiger partial charge on any atom is -0.348 e.